The number of hydrogen-bond donors (Lipinski definition) is 2. The van der Waals surface area contributed by atoms with Crippen LogP contribution in [0.3, 0.4) is 0 Å². The van der Waals surface area contributed by atoms with E-state index in [1.165, 1.54) is 0 Å². The van der Waals surface area contributed by atoms with Crippen LogP contribution in [0.15, 0.2) is 0 Å². The predicted molar refractivity (Wildman–Crippen MR) is 49.5 cm³/mol. The van der Waals surface area contributed by atoms with E-state index in [-0.39, 0.29) is 0 Å². The first kappa shape index (κ1) is 11.1. The molecule has 0 aliphatic heterocycles. The van der Waals surface area contributed by atoms with Crippen LogP contribution < -0.4 is 0 Å². The molecule has 3 nitrogen and oxygen atoms in total. The topological polar surface area (TPSA) is 40.3 Å². The Morgan fingerprint density at radius 2 is 2.18 bits per heavy atom. The zero-order valence-corrected chi connectivity index (χ0v) is 8.67. The van der Waals surface area contributed by atoms with E-state index in [9.17, 15) is 4.79 Å². The number of carboxylic acid groups (broad SMARTS) is 1. The Morgan fingerprint density at radius 3 is 2.18 bits per heavy atom. The van der Waals surface area contributed by atoms with Gasteiger partial charge in [-0.3, -0.25) is 0 Å². The minimum Gasteiger partial charge on any atom is -0.476 e. The highest BCUT2D eigenvalue weighted by atomic mass is 32.2. The van der Waals surface area contributed by atoms with Crippen LogP contribution in [-0.2, 0) is 30.0 Å². The molecule has 64 valence electrons. The third-order valence-electron chi connectivity index (χ3n) is 1.11. The standard InChI is InChI=1S/C5H9NO2S3/c1-5(2,9)3(4(7)8)6(10)11/h3,9H,1-2H3,(H,7,8)/t3-/m0/s1. The highest BCUT2D eigenvalue weighted by molar-refractivity contribution is 7.81. The number of carboxylic acids is 1. The Labute approximate surface area is 81.9 Å². The fourth-order valence-electron chi connectivity index (χ4n) is 0.650. The molecule has 1 N–H and O–H groups in total. The van der Waals surface area contributed by atoms with Crippen LogP contribution in [0.4, 0.5) is 0 Å². The maximum absolute atomic E-state index is 10.6. The number of rotatable bonds is 3. The minimum absolute atomic E-state index is 0.727. The Bertz CT molecular complexity index is 173. The molecule has 0 aliphatic carbocycles. The van der Waals surface area contributed by atoms with Gasteiger partial charge in [-0.05, 0) is 13.8 Å². The van der Waals surface area contributed by atoms with Crippen LogP contribution >= 0.6 is 12.6 Å². The number of carbonyl (C=O) groups is 1. The number of aliphatic carboxylic acids is 1. The Kier molecular flexibility index (Phi) is 3.66. The molecule has 6 heteroatoms. The molecule has 1 atom stereocenters. The van der Waals surface area contributed by atoms with Crippen molar-refractivity contribution in [1.82, 2.24) is 0 Å². The molecular weight excluding hydrogens is 202 g/mol. The summed E-state index contributed by atoms with van der Waals surface area (Å²) in [4.78, 5) is 10.6. The molecule has 0 rings (SSSR count). The van der Waals surface area contributed by atoms with E-state index in [2.05, 4.69) is 37.9 Å². The van der Waals surface area contributed by atoms with E-state index in [1.54, 1.807) is 13.8 Å². The SMILES string of the molecule is CC(C)(S)[C@H](C(=O)O)[N+](=S)[S-]. The zero-order chi connectivity index (χ0) is 9.23. The summed E-state index contributed by atoms with van der Waals surface area (Å²) in [5.74, 6) is -1.05. The highest BCUT2D eigenvalue weighted by Gasteiger charge is 2.38. The molecule has 0 spiro atoms. The van der Waals surface area contributed by atoms with Crippen LogP contribution in [0.2, 0.25) is 0 Å². The van der Waals surface area contributed by atoms with Gasteiger partial charge in [0.25, 0.3) is 6.04 Å². The van der Waals surface area contributed by atoms with Gasteiger partial charge in [0.05, 0.1) is 4.75 Å². The van der Waals surface area contributed by atoms with Crippen LogP contribution in [0.5, 0.6) is 0 Å². The summed E-state index contributed by atoms with van der Waals surface area (Å²) in [5.41, 5.74) is 0. The predicted octanol–water partition coefficient (Wildman–Crippen LogP) is 0.353. The molecule has 0 radical (unpaired) electrons. The van der Waals surface area contributed by atoms with Gasteiger partial charge in [-0.2, -0.15) is 12.6 Å². The fourth-order valence-corrected chi connectivity index (χ4v) is 1.74. The van der Waals surface area contributed by atoms with Crippen LogP contribution in [0.1, 0.15) is 13.8 Å². The lowest BCUT2D eigenvalue weighted by atomic mass is 10.1. The quantitative estimate of drug-likeness (QED) is 0.401. The summed E-state index contributed by atoms with van der Waals surface area (Å²) in [7, 11) is 0. The summed E-state index contributed by atoms with van der Waals surface area (Å²) in [5, 5.41) is 8.66. The van der Waals surface area contributed by atoms with Crippen molar-refractivity contribution in [3.05, 3.63) is 0 Å². The third-order valence-corrected chi connectivity index (χ3v) is 1.78. The van der Waals surface area contributed by atoms with Gasteiger partial charge in [-0.1, -0.05) is 25.2 Å². The highest BCUT2D eigenvalue weighted by Crippen LogP contribution is 2.19. The largest absolute Gasteiger partial charge is 0.476 e. The molecule has 0 saturated carbocycles. The summed E-state index contributed by atoms with van der Waals surface area (Å²) in [6.07, 6.45) is 0. The van der Waals surface area contributed by atoms with E-state index < -0.39 is 16.8 Å². The average molecular weight is 211 g/mol. The Morgan fingerprint density at radius 1 is 1.82 bits per heavy atom. The van der Waals surface area contributed by atoms with Gasteiger partial charge in [0.2, 0.25) is 0 Å². The number of thiol groups is 1. The third kappa shape index (κ3) is 3.31. The molecule has 0 fully saturated rings. The lowest BCUT2D eigenvalue weighted by Crippen LogP contribution is -2.44. The second kappa shape index (κ2) is 3.64. The maximum atomic E-state index is 10.6. The van der Waals surface area contributed by atoms with Crippen molar-refractivity contribution in [1.29, 1.82) is 0 Å². The zero-order valence-electron chi connectivity index (χ0n) is 6.14. The first-order chi connectivity index (χ1) is 4.76. The van der Waals surface area contributed by atoms with E-state index >= 15 is 0 Å². The van der Waals surface area contributed by atoms with Crippen LogP contribution in [-0.4, -0.2) is 25.2 Å². The van der Waals surface area contributed by atoms with Crippen LogP contribution in [0, 0.1) is 0 Å². The number of hydrogen-bond acceptors (Lipinski definition) is 4. The van der Waals surface area contributed by atoms with Gasteiger partial charge in [0, 0.05) is 0 Å². The maximum Gasteiger partial charge on any atom is 0.374 e. The van der Waals surface area contributed by atoms with Gasteiger partial charge in [0.1, 0.15) is 0 Å². The van der Waals surface area contributed by atoms with Crippen LogP contribution in [0.25, 0.3) is 0 Å². The summed E-state index contributed by atoms with van der Waals surface area (Å²) in [6.45, 7) is 3.31. The van der Waals surface area contributed by atoms with E-state index in [0.29, 0.717) is 0 Å². The van der Waals surface area contributed by atoms with Gasteiger partial charge < -0.3 is 5.11 Å². The molecule has 0 unspecified atom stereocenters. The lowest BCUT2D eigenvalue weighted by Gasteiger charge is -2.22. The van der Waals surface area contributed by atoms with Crippen molar-refractivity contribution in [2.75, 3.05) is 0 Å². The normalized spacial score (nSPS) is 14.1. The second-order valence-corrected chi connectivity index (χ2v) is 4.85. The van der Waals surface area contributed by atoms with Gasteiger partial charge in [-0.25, -0.2) is 8.15 Å². The second-order valence-electron chi connectivity index (χ2n) is 2.68. The molecule has 0 aliphatic rings. The van der Waals surface area contributed by atoms with Gasteiger partial charge >= 0.3 is 5.97 Å². The summed E-state index contributed by atoms with van der Waals surface area (Å²) in [6, 6.07) is -0.921. The molecule has 0 aromatic heterocycles. The van der Waals surface area contributed by atoms with Crippen molar-refractivity contribution < 1.29 is 13.3 Å². The van der Waals surface area contributed by atoms with E-state index in [0.717, 1.165) is 3.35 Å². The van der Waals surface area contributed by atoms with Crippen molar-refractivity contribution >= 4 is 43.8 Å². The van der Waals surface area contributed by atoms with E-state index in [1.807, 2.05) is 0 Å². The average Bonchev–Trinajstić information content (AvgIpc) is 1.54. The smallest absolute Gasteiger partial charge is 0.374 e. The molecule has 0 aromatic rings. The van der Waals surface area contributed by atoms with Gasteiger partial charge in [-0.15, -0.1) is 0 Å². The number of nitrogens with zero attached hydrogens (tertiary/aromatic N) is 1. The lowest BCUT2D eigenvalue weighted by molar-refractivity contribution is -0.362. The monoisotopic (exact) mass is 211 g/mol. The molecule has 0 saturated heterocycles. The molecule has 0 bridgehead atoms. The molecular formula is C5H9NO2S3. The first-order valence-electron chi connectivity index (χ1n) is 2.85. The van der Waals surface area contributed by atoms with Crippen molar-refractivity contribution in [2.45, 2.75) is 24.6 Å². The molecule has 11 heavy (non-hydrogen) atoms. The Balaban J connectivity index is 4.63. The summed E-state index contributed by atoms with van der Waals surface area (Å²) < 4.78 is 0.0880. The minimum atomic E-state index is -1.05. The molecule has 0 amide bonds. The van der Waals surface area contributed by atoms with E-state index in [4.69, 9.17) is 5.11 Å². The van der Waals surface area contributed by atoms with Crippen molar-refractivity contribution in [3.8, 4) is 0 Å². The fraction of sp³-hybridized carbons (Fsp3) is 0.800. The van der Waals surface area contributed by atoms with Crippen molar-refractivity contribution in [2.24, 2.45) is 0 Å². The van der Waals surface area contributed by atoms with Gasteiger partial charge in [0.15, 0.2) is 0 Å². The first-order valence-corrected chi connectivity index (χ1v) is 4.03. The van der Waals surface area contributed by atoms with Crippen molar-refractivity contribution in [3.63, 3.8) is 0 Å². The Hall–Kier alpha value is 0.0600. The molecule has 0 heterocycles. The molecule has 0 aromatic carbocycles. The summed E-state index contributed by atoms with van der Waals surface area (Å²) >= 11 is 13.2.